The molecule has 2 aromatic rings. The van der Waals surface area contributed by atoms with Crippen molar-refractivity contribution in [2.45, 2.75) is 36.6 Å². The number of hydrogen-bond donors (Lipinski definition) is 5. The third kappa shape index (κ3) is 3.85. The van der Waals surface area contributed by atoms with Gasteiger partial charge in [0.25, 0.3) is 5.56 Å². The summed E-state index contributed by atoms with van der Waals surface area (Å²) >= 11 is 1.30. The normalized spacial score (nSPS) is 26.7. The lowest BCUT2D eigenvalue weighted by molar-refractivity contribution is -0.0504. The highest BCUT2D eigenvalue weighted by molar-refractivity contribution is 7.99. The third-order valence-corrected chi connectivity index (χ3v) is 4.95. The highest BCUT2D eigenvalue weighted by Gasteiger charge is 2.45. The van der Waals surface area contributed by atoms with Crippen LogP contribution in [0.4, 0.5) is 0 Å². The summed E-state index contributed by atoms with van der Waals surface area (Å²) < 4.78 is 21.9. The standard InChI is InChI=1S/C12H17N4O8PS/c1-2-26-12-14-9-6(10(19)15-12)13-4-16(9)11-8(18)7(17)5(24-11)3-23-25(20,21)22/h4-5,7-8,11,17-18H,2-3H2,1H3,(H,14,15,19)(H2,20,21,22)/t5-,7-,8-,11-/m1/s1. The van der Waals surface area contributed by atoms with E-state index in [2.05, 4.69) is 19.5 Å². The van der Waals surface area contributed by atoms with Crippen molar-refractivity contribution < 1.29 is 33.8 Å². The van der Waals surface area contributed by atoms with Gasteiger partial charge in [0.05, 0.1) is 12.9 Å². The summed E-state index contributed by atoms with van der Waals surface area (Å²) in [6, 6.07) is 0. The number of ether oxygens (including phenoxy) is 1. The van der Waals surface area contributed by atoms with Crippen molar-refractivity contribution in [2.75, 3.05) is 12.4 Å². The highest BCUT2D eigenvalue weighted by atomic mass is 32.2. The van der Waals surface area contributed by atoms with Crippen molar-refractivity contribution in [1.82, 2.24) is 19.5 Å². The fourth-order valence-electron chi connectivity index (χ4n) is 2.56. The summed E-state index contributed by atoms with van der Waals surface area (Å²) in [5, 5.41) is 20.7. The second-order valence-corrected chi connectivity index (χ2v) is 7.95. The number of nitrogens with one attached hydrogen (secondary N) is 1. The number of aromatic amines is 1. The third-order valence-electron chi connectivity index (χ3n) is 3.71. The lowest BCUT2D eigenvalue weighted by Gasteiger charge is -2.16. The van der Waals surface area contributed by atoms with Crippen LogP contribution in [-0.4, -0.2) is 70.2 Å². The number of H-pyrrole nitrogens is 1. The number of hydrogen-bond acceptors (Lipinski definition) is 9. The first-order valence-corrected chi connectivity index (χ1v) is 10.0. The zero-order chi connectivity index (χ0) is 19.1. The number of aromatic nitrogens is 4. The minimum atomic E-state index is -4.76. The Balaban J connectivity index is 1.91. The fraction of sp³-hybridized carbons (Fsp3) is 0.583. The molecular weight excluding hydrogens is 391 g/mol. The van der Waals surface area contributed by atoms with Crippen molar-refractivity contribution in [3.63, 3.8) is 0 Å². The smallest absolute Gasteiger partial charge is 0.387 e. The maximum Gasteiger partial charge on any atom is 0.469 e. The van der Waals surface area contributed by atoms with E-state index in [1.165, 1.54) is 22.7 Å². The van der Waals surface area contributed by atoms with E-state index in [9.17, 15) is 19.6 Å². The molecular formula is C12H17N4O8PS. The van der Waals surface area contributed by atoms with Gasteiger partial charge in [0.1, 0.15) is 18.3 Å². The minimum absolute atomic E-state index is 0.0330. The Morgan fingerprint density at radius 2 is 2.15 bits per heavy atom. The van der Waals surface area contributed by atoms with E-state index in [-0.39, 0.29) is 11.2 Å². The molecule has 0 amide bonds. The molecule has 1 aliphatic heterocycles. The van der Waals surface area contributed by atoms with Crippen LogP contribution in [-0.2, 0) is 13.8 Å². The summed E-state index contributed by atoms with van der Waals surface area (Å²) in [7, 11) is -4.76. The molecule has 4 atom stereocenters. The molecule has 1 fully saturated rings. The van der Waals surface area contributed by atoms with Gasteiger partial charge in [-0.25, -0.2) is 14.5 Å². The van der Waals surface area contributed by atoms with Crippen LogP contribution in [0, 0.1) is 0 Å². The summed E-state index contributed by atoms with van der Waals surface area (Å²) in [5.74, 6) is 0.672. The Labute approximate surface area is 150 Å². The topological polar surface area (TPSA) is 180 Å². The Hall–Kier alpha value is -1.31. The maximum absolute atomic E-state index is 12.1. The van der Waals surface area contributed by atoms with Crippen LogP contribution in [0.2, 0.25) is 0 Å². The lowest BCUT2D eigenvalue weighted by atomic mass is 10.1. The van der Waals surface area contributed by atoms with Crippen molar-refractivity contribution in [2.24, 2.45) is 0 Å². The predicted octanol–water partition coefficient (Wildman–Crippen LogP) is -1.04. The van der Waals surface area contributed by atoms with E-state index in [4.69, 9.17) is 14.5 Å². The molecule has 0 aromatic carbocycles. The Morgan fingerprint density at radius 3 is 2.81 bits per heavy atom. The second kappa shape index (κ2) is 7.37. The number of phosphoric ester groups is 1. The van der Waals surface area contributed by atoms with Crippen LogP contribution in [0.1, 0.15) is 13.2 Å². The molecule has 26 heavy (non-hydrogen) atoms. The Morgan fingerprint density at radius 1 is 1.42 bits per heavy atom. The average molecular weight is 408 g/mol. The monoisotopic (exact) mass is 408 g/mol. The van der Waals surface area contributed by atoms with Gasteiger partial charge in [-0.2, -0.15) is 0 Å². The molecule has 0 bridgehead atoms. The number of imidazole rings is 1. The Kier molecular flexibility index (Phi) is 5.51. The Bertz CT molecular complexity index is 897. The number of nitrogens with zero attached hydrogens (tertiary/aromatic N) is 3. The van der Waals surface area contributed by atoms with E-state index in [0.29, 0.717) is 10.9 Å². The van der Waals surface area contributed by atoms with Crippen molar-refractivity contribution in [1.29, 1.82) is 0 Å². The molecule has 3 rings (SSSR count). The zero-order valence-electron chi connectivity index (χ0n) is 13.4. The first-order valence-electron chi connectivity index (χ1n) is 7.52. The lowest BCUT2D eigenvalue weighted by Crippen LogP contribution is -2.33. The van der Waals surface area contributed by atoms with E-state index >= 15 is 0 Å². The average Bonchev–Trinajstić information content (AvgIpc) is 3.08. The SMILES string of the molecule is CCSc1nc2c(ncn2[C@@H]2O[C@H](COP(=O)(O)O)[C@@H](O)[C@H]2O)c(=O)[nH]1. The van der Waals surface area contributed by atoms with Crippen LogP contribution in [0.5, 0.6) is 0 Å². The second-order valence-electron chi connectivity index (χ2n) is 5.46. The van der Waals surface area contributed by atoms with Crippen LogP contribution in [0.3, 0.4) is 0 Å². The van der Waals surface area contributed by atoms with Gasteiger partial charge in [-0.3, -0.25) is 18.9 Å². The quantitative estimate of drug-likeness (QED) is 0.224. The molecule has 0 unspecified atom stereocenters. The van der Waals surface area contributed by atoms with E-state index in [1.54, 1.807) is 0 Å². The molecule has 12 nitrogen and oxygen atoms in total. The first-order chi connectivity index (χ1) is 12.2. The molecule has 0 aliphatic carbocycles. The number of phosphoric acid groups is 1. The zero-order valence-corrected chi connectivity index (χ0v) is 15.1. The number of aliphatic hydroxyl groups is 2. The van der Waals surface area contributed by atoms with Crippen LogP contribution >= 0.6 is 19.6 Å². The first kappa shape index (κ1) is 19.5. The molecule has 5 N–H and O–H groups in total. The van der Waals surface area contributed by atoms with Gasteiger partial charge >= 0.3 is 7.82 Å². The van der Waals surface area contributed by atoms with E-state index in [1.807, 2.05) is 6.92 Å². The predicted molar refractivity (Wildman–Crippen MR) is 88.5 cm³/mol. The highest BCUT2D eigenvalue weighted by Crippen LogP contribution is 2.38. The molecule has 144 valence electrons. The molecule has 0 radical (unpaired) electrons. The molecule has 2 aromatic heterocycles. The largest absolute Gasteiger partial charge is 0.469 e. The van der Waals surface area contributed by atoms with Crippen LogP contribution < -0.4 is 5.56 Å². The minimum Gasteiger partial charge on any atom is -0.387 e. The number of thioether (sulfide) groups is 1. The van der Waals surface area contributed by atoms with Crippen molar-refractivity contribution >= 4 is 30.7 Å². The van der Waals surface area contributed by atoms with Gasteiger partial charge in [-0.05, 0) is 5.75 Å². The molecule has 1 aliphatic rings. The maximum atomic E-state index is 12.1. The van der Waals surface area contributed by atoms with E-state index in [0.717, 1.165) is 0 Å². The van der Waals surface area contributed by atoms with Crippen LogP contribution in [0.25, 0.3) is 11.2 Å². The summed E-state index contributed by atoms with van der Waals surface area (Å²) in [5.41, 5.74) is -0.276. The van der Waals surface area contributed by atoms with Crippen molar-refractivity contribution in [3.8, 4) is 0 Å². The van der Waals surface area contributed by atoms with Gasteiger partial charge in [-0.15, -0.1) is 0 Å². The number of fused-ring (bicyclic) bond motifs is 1. The molecule has 14 heteroatoms. The molecule has 1 saturated heterocycles. The summed E-state index contributed by atoms with van der Waals surface area (Å²) in [4.78, 5) is 40.4. The van der Waals surface area contributed by atoms with E-state index < -0.39 is 44.5 Å². The molecule has 3 heterocycles. The fourth-order valence-corrected chi connectivity index (χ4v) is 3.49. The molecule has 0 saturated carbocycles. The number of rotatable bonds is 6. The van der Waals surface area contributed by atoms with Gasteiger partial charge in [-0.1, -0.05) is 18.7 Å². The number of aliphatic hydroxyl groups excluding tert-OH is 2. The van der Waals surface area contributed by atoms with Crippen LogP contribution in [0.15, 0.2) is 16.3 Å². The summed E-state index contributed by atoms with van der Waals surface area (Å²) in [6.07, 6.45) is -4.02. The summed E-state index contributed by atoms with van der Waals surface area (Å²) in [6.45, 7) is 1.26. The van der Waals surface area contributed by atoms with Gasteiger partial charge in [0.15, 0.2) is 22.5 Å². The molecule has 0 spiro atoms. The van der Waals surface area contributed by atoms with Gasteiger partial charge < -0.3 is 24.7 Å². The van der Waals surface area contributed by atoms with Crippen molar-refractivity contribution in [3.05, 3.63) is 16.7 Å². The van der Waals surface area contributed by atoms with Gasteiger partial charge in [0, 0.05) is 0 Å². The van der Waals surface area contributed by atoms with Gasteiger partial charge in [0.2, 0.25) is 0 Å².